The zero-order chi connectivity index (χ0) is 15.3. The molecule has 1 amide bonds. The zero-order valence-electron chi connectivity index (χ0n) is 11.5. The highest BCUT2D eigenvalue weighted by Crippen LogP contribution is 2.19. The molecule has 1 N–H and O–H groups in total. The molecule has 1 heterocycles. The summed E-state index contributed by atoms with van der Waals surface area (Å²) in [5, 5.41) is 3.92. The second-order valence-electron chi connectivity index (χ2n) is 4.58. The number of sulfone groups is 1. The number of benzene rings is 1. The third-order valence-corrected chi connectivity index (χ3v) is 4.70. The summed E-state index contributed by atoms with van der Waals surface area (Å²) in [4.78, 5) is 11.3. The summed E-state index contributed by atoms with van der Waals surface area (Å²) in [6.45, 7) is 3.47. The van der Waals surface area contributed by atoms with E-state index in [-0.39, 0.29) is 16.6 Å². The van der Waals surface area contributed by atoms with E-state index < -0.39 is 9.84 Å². The monoisotopic (exact) mass is 304 g/mol. The van der Waals surface area contributed by atoms with Gasteiger partial charge in [0.25, 0.3) is 0 Å². The Balaban J connectivity index is 2.29. The number of amides is 1. The Labute approximate surface area is 124 Å². The Morgan fingerprint density at radius 2 is 2.00 bits per heavy atom. The molecule has 0 saturated carbocycles. The van der Waals surface area contributed by atoms with E-state index in [1.807, 2.05) is 0 Å². The minimum absolute atomic E-state index is 0.102. The van der Waals surface area contributed by atoms with Crippen LogP contribution < -0.4 is 5.43 Å². The molecule has 0 spiro atoms. The van der Waals surface area contributed by atoms with E-state index in [1.165, 1.54) is 6.08 Å². The SMILES string of the molecule is C=CCS(=O)(=O)c1ccccc1C=CC1=NNC(=O)CC1. The van der Waals surface area contributed by atoms with Gasteiger partial charge >= 0.3 is 0 Å². The molecular formula is C15H16N2O3S. The summed E-state index contributed by atoms with van der Waals surface area (Å²) in [5.41, 5.74) is 3.71. The van der Waals surface area contributed by atoms with Crippen LogP contribution in [0.5, 0.6) is 0 Å². The van der Waals surface area contributed by atoms with Crippen LogP contribution in [0.3, 0.4) is 0 Å². The maximum absolute atomic E-state index is 12.2. The number of hydrazone groups is 1. The molecule has 5 nitrogen and oxygen atoms in total. The minimum Gasteiger partial charge on any atom is -0.273 e. The molecular weight excluding hydrogens is 288 g/mol. The van der Waals surface area contributed by atoms with Gasteiger partial charge in [-0.05, 0) is 17.7 Å². The van der Waals surface area contributed by atoms with Gasteiger partial charge in [0, 0.05) is 12.8 Å². The largest absolute Gasteiger partial charge is 0.273 e. The molecule has 0 saturated heterocycles. The Bertz CT molecular complexity index is 718. The highest BCUT2D eigenvalue weighted by Gasteiger charge is 2.15. The molecule has 1 aliphatic rings. The number of carbonyl (C=O) groups excluding carboxylic acids is 1. The minimum atomic E-state index is -3.38. The number of hydrogen-bond donors (Lipinski definition) is 1. The molecule has 0 unspecified atom stereocenters. The van der Waals surface area contributed by atoms with E-state index in [0.29, 0.717) is 24.1 Å². The third kappa shape index (κ3) is 3.88. The van der Waals surface area contributed by atoms with Crippen LogP contribution in [0.15, 0.2) is 53.0 Å². The lowest BCUT2D eigenvalue weighted by molar-refractivity contribution is -0.121. The summed E-state index contributed by atoms with van der Waals surface area (Å²) >= 11 is 0. The highest BCUT2D eigenvalue weighted by atomic mass is 32.2. The maximum atomic E-state index is 12.2. The Kier molecular flexibility index (Phi) is 4.70. The molecule has 0 fully saturated rings. The van der Waals surface area contributed by atoms with E-state index in [9.17, 15) is 13.2 Å². The molecule has 0 aromatic heterocycles. The Morgan fingerprint density at radius 3 is 2.67 bits per heavy atom. The average molecular weight is 304 g/mol. The van der Waals surface area contributed by atoms with Crippen LogP contribution in [0.2, 0.25) is 0 Å². The summed E-state index contributed by atoms with van der Waals surface area (Å²) in [6, 6.07) is 6.76. The molecule has 2 rings (SSSR count). The van der Waals surface area contributed by atoms with Gasteiger partial charge in [-0.15, -0.1) is 6.58 Å². The van der Waals surface area contributed by atoms with Crippen molar-refractivity contribution in [3.05, 3.63) is 48.6 Å². The van der Waals surface area contributed by atoms with E-state index >= 15 is 0 Å². The fraction of sp³-hybridized carbons (Fsp3) is 0.200. The third-order valence-electron chi connectivity index (χ3n) is 2.98. The number of nitrogens with zero attached hydrogens (tertiary/aromatic N) is 1. The van der Waals surface area contributed by atoms with Crippen molar-refractivity contribution in [2.75, 3.05) is 5.75 Å². The quantitative estimate of drug-likeness (QED) is 0.844. The van der Waals surface area contributed by atoms with Crippen molar-refractivity contribution in [2.24, 2.45) is 5.10 Å². The smallest absolute Gasteiger partial charge is 0.240 e. The van der Waals surface area contributed by atoms with E-state index in [1.54, 1.807) is 36.4 Å². The van der Waals surface area contributed by atoms with Crippen molar-refractivity contribution < 1.29 is 13.2 Å². The fourth-order valence-corrected chi connectivity index (χ4v) is 3.21. The predicted octanol–water partition coefficient (Wildman–Crippen LogP) is 1.93. The van der Waals surface area contributed by atoms with E-state index in [2.05, 4.69) is 17.1 Å². The molecule has 0 atom stereocenters. The standard InChI is InChI=1S/C15H16N2O3S/c1-2-11-21(19,20)14-6-4-3-5-12(14)7-8-13-9-10-15(18)17-16-13/h2-8H,1,9-11H2,(H,17,18). The lowest BCUT2D eigenvalue weighted by Crippen LogP contribution is -2.24. The first-order valence-corrected chi connectivity index (χ1v) is 8.14. The molecule has 0 radical (unpaired) electrons. The zero-order valence-corrected chi connectivity index (χ0v) is 12.3. The lowest BCUT2D eigenvalue weighted by Gasteiger charge is -2.09. The molecule has 1 aliphatic heterocycles. The molecule has 6 heteroatoms. The van der Waals surface area contributed by atoms with Gasteiger partial charge in [-0.2, -0.15) is 5.10 Å². The van der Waals surface area contributed by atoms with Crippen molar-refractivity contribution in [3.8, 4) is 0 Å². The van der Waals surface area contributed by atoms with Crippen LogP contribution in [0.25, 0.3) is 6.08 Å². The Morgan fingerprint density at radius 1 is 1.24 bits per heavy atom. The van der Waals surface area contributed by atoms with Crippen LogP contribution in [-0.2, 0) is 14.6 Å². The van der Waals surface area contributed by atoms with Crippen molar-refractivity contribution in [3.63, 3.8) is 0 Å². The first-order valence-electron chi connectivity index (χ1n) is 6.49. The van der Waals surface area contributed by atoms with Crippen molar-refractivity contribution in [1.29, 1.82) is 0 Å². The van der Waals surface area contributed by atoms with Crippen molar-refractivity contribution in [1.82, 2.24) is 5.43 Å². The number of hydrogen-bond acceptors (Lipinski definition) is 4. The highest BCUT2D eigenvalue weighted by molar-refractivity contribution is 7.91. The molecule has 0 bridgehead atoms. The maximum Gasteiger partial charge on any atom is 0.240 e. The van der Waals surface area contributed by atoms with Gasteiger partial charge < -0.3 is 0 Å². The average Bonchev–Trinajstić information content (AvgIpc) is 2.47. The van der Waals surface area contributed by atoms with Gasteiger partial charge in [-0.1, -0.05) is 30.4 Å². The summed E-state index contributed by atoms with van der Waals surface area (Å²) in [5.74, 6) is -0.212. The van der Waals surface area contributed by atoms with Gasteiger partial charge in [0.2, 0.25) is 5.91 Å². The predicted molar refractivity (Wildman–Crippen MR) is 82.5 cm³/mol. The number of allylic oxidation sites excluding steroid dienone is 1. The van der Waals surface area contributed by atoms with Gasteiger partial charge in [-0.25, -0.2) is 13.8 Å². The van der Waals surface area contributed by atoms with Gasteiger partial charge in [0.05, 0.1) is 16.4 Å². The second kappa shape index (κ2) is 6.49. The van der Waals surface area contributed by atoms with Gasteiger partial charge in [0.15, 0.2) is 9.84 Å². The van der Waals surface area contributed by atoms with Crippen LogP contribution >= 0.6 is 0 Å². The van der Waals surface area contributed by atoms with Crippen LogP contribution in [0.1, 0.15) is 18.4 Å². The first-order chi connectivity index (χ1) is 10.0. The normalized spacial score (nSPS) is 15.6. The van der Waals surface area contributed by atoms with Crippen LogP contribution in [0.4, 0.5) is 0 Å². The summed E-state index contributed by atoms with van der Waals surface area (Å²) < 4.78 is 24.3. The van der Waals surface area contributed by atoms with E-state index in [4.69, 9.17) is 0 Å². The van der Waals surface area contributed by atoms with Crippen molar-refractivity contribution >= 4 is 27.5 Å². The molecule has 0 aliphatic carbocycles. The fourth-order valence-electron chi connectivity index (χ4n) is 1.94. The second-order valence-corrected chi connectivity index (χ2v) is 6.58. The van der Waals surface area contributed by atoms with Crippen LogP contribution in [-0.4, -0.2) is 25.8 Å². The molecule has 21 heavy (non-hydrogen) atoms. The summed E-state index contributed by atoms with van der Waals surface area (Å²) in [6.07, 6.45) is 5.73. The molecule has 1 aromatic carbocycles. The van der Waals surface area contributed by atoms with Gasteiger partial charge in [-0.3, -0.25) is 4.79 Å². The molecule has 110 valence electrons. The lowest BCUT2D eigenvalue weighted by atomic mass is 10.1. The van der Waals surface area contributed by atoms with Gasteiger partial charge in [0.1, 0.15) is 0 Å². The molecule has 1 aromatic rings. The number of nitrogens with one attached hydrogen (secondary N) is 1. The Hall–Kier alpha value is -2.21. The first kappa shape index (κ1) is 15.2. The topological polar surface area (TPSA) is 75.6 Å². The van der Waals surface area contributed by atoms with E-state index in [0.717, 1.165) is 0 Å². The number of carbonyl (C=O) groups is 1. The number of rotatable bonds is 5. The summed E-state index contributed by atoms with van der Waals surface area (Å²) in [7, 11) is -3.38. The van der Waals surface area contributed by atoms with Crippen LogP contribution in [0, 0.1) is 0 Å². The van der Waals surface area contributed by atoms with Crippen molar-refractivity contribution in [2.45, 2.75) is 17.7 Å².